The van der Waals surface area contributed by atoms with Gasteiger partial charge in [0.25, 0.3) is 0 Å². The summed E-state index contributed by atoms with van der Waals surface area (Å²) in [5.41, 5.74) is 0. The third-order valence-electron chi connectivity index (χ3n) is 2.22. The standard InChI is InChI=1S/C8H12O2/c1-5-4-7(5)8(9)10-6-2-3-6/h5-7H,2-4H2,1H3/t5-,7-/m0/s1. The zero-order chi connectivity index (χ0) is 7.14. The Balaban J connectivity index is 1.76. The van der Waals surface area contributed by atoms with Crippen molar-refractivity contribution in [3.05, 3.63) is 0 Å². The second-order valence-electron chi connectivity index (χ2n) is 3.46. The minimum absolute atomic E-state index is 0.0509. The molecule has 56 valence electrons. The normalized spacial score (nSPS) is 37.3. The lowest BCUT2D eigenvalue weighted by atomic mass is 10.3. The van der Waals surface area contributed by atoms with E-state index in [-0.39, 0.29) is 11.9 Å². The molecule has 2 atom stereocenters. The van der Waals surface area contributed by atoms with Crippen LogP contribution in [0.2, 0.25) is 0 Å². The average Bonchev–Trinajstić information content (AvgIpc) is 2.66. The van der Waals surface area contributed by atoms with Crippen LogP contribution < -0.4 is 0 Å². The van der Waals surface area contributed by atoms with Gasteiger partial charge in [0, 0.05) is 0 Å². The molecule has 0 aromatic rings. The van der Waals surface area contributed by atoms with Crippen molar-refractivity contribution in [1.29, 1.82) is 0 Å². The highest BCUT2D eigenvalue weighted by atomic mass is 16.5. The van der Waals surface area contributed by atoms with Gasteiger partial charge in [-0.2, -0.15) is 0 Å². The topological polar surface area (TPSA) is 26.3 Å². The first-order valence-corrected chi connectivity index (χ1v) is 3.98. The Morgan fingerprint density at radius 2 is 2.10 bits per heavy atom. The van der Waals surface area contributed by atoms with Crippen molar-refractivity contribution in [1.82, 2.24) is 0 Å². The number of esters is 1. The largest absolute Gasteiger partial charge is 0.462 e. The molecule has 0 aromatic carbocycles. The molecule has 0 aliphatic heterocycles. The van der Waals surface area contributed by atoms with Crippen molar-refractivity contribution in [3.8, 4) is 0 Å². The second kappa shape index (κ2) is 1.97. The number of rotatable bonds is 2. The fourth-order valence-corrected chi connectivity index (χ4v) is 1.09. The Kier molecular flexibility index (Phi) is 1.22. The van der Waals surface area contributed by atoms with Gasteiger partial charge in [-0.05, 0) is 25.2 Å². The Morgan fingerprint density at radius 3 is 2.50 bits per heavy atom. The fraction of sp³-hybridized carbons (Fsp3) is 0.875. The zero-order valence-corrected chi connectivity index (χ0v) is 6.17. The van der Waals surface area contributed by atoms with E-state index < -0.39 is 0 Å². The molecule has 0 saturated heterocycles. The summed E-state index contributed by atoms with van der Waals surface area (Å²) in [6, 6.07) is 0. The molecule has 0 aromatic heterocycles. The molecule has 2 rings (SSSR count). The van der Waals surface area contributed by atoms with Crippen LogP contribution in [0.4, 0.5) is 0 Å². The van der Waals surface area contributed by atoms with Crippen molar-refractivity contribution in [2.75, 3.05) is 0 Å². The van der Waals surface area contributed by atoms with Crippen LogP contribution in [0.3, 0.4) is 0 Å². The third kappa shape index (κ3) is 1.15. The molecule has 0 bridgehead atoms. The van der Waals surface area contributed by atoms with E-state index in [4.69, 9.17) is 4.74 Å². The van der Waals surface area contributed by atoms with Gasteiger partial charge < -0.3 is 4.74 Å². The van der Waals surface area contributed by atoms with Crippen LogP contribution >= 0.6 is 0 Å². The van der Waals surface area contributed by atoms with Crippen LogP contribution in [0.1, 0.15) is 26.2 Å². The molecule has 0 unspecified atom stereocenters. The van der Waals surface area contributed by atoms with Crippen molar-refractivity contribution in [2.45, 2.75) is 32.3 Å². The van der Waals surface area contributed by atoms with Crippen LogP contribution in [0, 0.1) is 11.8 Å². The first kappa shape index (κ1) is 6.20. The molecule has 2 aliphatic carbocycles. The van der Waals surface area contributed by atoms with Gasteiger partial charge in [-0.25, -0.2) is 0 Å². The van der Waals surface area contributed by atoms with Gasteiger partial charge in [0.05, 0.1) is 5.92 Å². The summed E-state index contributed by atoms with van der Waals surface area (Å²) >= 11 is 0. The van der Waals surface area contributed by atoms with Gasteiger partial charge in [0.1, 0.15) is 6.10 Å². The van der Waals surface area contributed by atoms with E-state index in [1.807, 2.05) is 0 Å². The fourth-order valence-electron chi connectivity index (χ4n) is 1.09. The summed E-state index contributed by atoms with van der Waals surface area (Å²) in [4.78, 5) is 11.0. The lowest BCUT2D eigenvalue weighted by molar-refractivity contribution is -0.146. The number of carbonyl (C=O) groups excluding carboxylic acids is 1. The van der Waals surface area contributed by atoms with E-state index in [9.17, 15) is 4.79 Å². The summed E-state index contributed by atoms with van der Waals surface area (Å²) in [5.74, 6) is 0.891. The summed E-state index contributed by atoms with van der Waals surface area (Å²) in [6.45, 7) is 2.10. The van der Waals surface area contributed by atoms with Gasteiger partial charge >= 0.3 is 5.97 Å². The minimum atomic E-state index is 0.0509. The highest BCUT2D eigenvalue weighted by Crippen LogP contribution is 2.40. The van der Waals surface area contributed by atoms with Crippen molar-refractivity contribution < 1.29 is 9.53 Å². The Labute approximate surface area is 60.6 Å². The maximum Gasteiger partial charge on any atom is 0.309 e. The summed E-state index contributed by atoms with van der Waals surface area (Å²) in [5, 5.41) is 0. The molecule has 0 N–H and O–H groups in total. The summed E-state index contributed by atoms with van der Waals surface area (Å²) in [6.07, 6.45) is 3.52. The van der Waals surface area contributed by atoms with Crippen LogP contribution in [-0.2, 0) is 9.53 Å². The molecule has 0 radical (unpaired) electrons. The number of carbonyl (C=O) groups is 1. The molecule has 2 heteroatoms. The number of hydrogen-bond donors (Lipinski definition) is 0. The van der Waals surface area contributed by atoms with E-state index in [1.54, 1.807) is 0 Å². The molecule has 2 aliphatic rings. The molecule has 0 heterocycles. The van der Waals surface area contributed by atoms with Gasteiger partial charge in [0.2, 0.25) is 0 Å². The highest BCUT2D eigenvalue weighted by molar-refractivity contribution is 5.75. The molecule has 2 fully saturated rings. The Morgan fingerprint density at radius 1 is 1.50 bits per heavy atom. The SMILES string of the molecule is C[C@H]1C[C@@H]1C(=O)OC1CC1. The Bertz CT molecular complexity index is 161. The summed E-state index contributed by atoms with van der Waals surface area (Å²) < 4.78 is 5.12. The second-order valence-corrected chi connectivity index (χ2v) is 3.46. The molecule has 10 heavy (non-hydrogen) atoms. The monoisotopic (exact) mass is 140 g/mol. The molecule has 2 nitrogen and oxygen atoms in total. The average molecular weight is 140 g/mol. The van der Waals surface area contributed by atoms with Crippen LogP contribution in [0.5, 0.6) is 0 Å². The lowest BCUT2D eigenvalue weighted by Crippen LogP contribution is -2.08. The van der Waals surface area contributed by atoms with E-state index in [0.717, 1.165) is 19.3 Å². The predicted molar refractivity (Wildman–Crippen MR) is 36.4 cm³/mol. The van der Waals surface area contributed by atoms with E-state index in [1.165, 1.54) is 0 Å². The number of ether oxygens (including phenoxy) is 1. The third-order valence-corrected chi connectivity index (χ3v) is 2.22. The molecular weight excluding hydrogens is 128 g/mol. The van der Waals surface area contributed by atoms with Gasteiger partial charge in [0.15, 0.2) is 0 Å². The van der Waals surface area contributed by atoms with Crippen molar-refractivity contribution in [3.63, 3.8) is 0 Å². The summed E-state index contributed by atoms with van der Waals surface area (Å²) in [7, 11) is 0. The van der Waals surface area contributed by atoms with E-state index >= 15 is 0 Å². The molecule has 2 saturated carbocycles. The Hall–Kier alpha value is -0.530. The first-order valence-electron chi connectivity index (χ1n) is 3.98. The predicted octanol–water partition coefficient (Wildman–Crippen LogP) is 1.35. The van der Waals surface area contributed by atoms with Crippen molar-refractivity contribution >= 4 is 5.97 Å². The van der Waals surface area contributed by atoms with Gasteiger partial charge in [-0.3, -0.25) is 4.79 Å². The zero-order valence-electron chi connectivity index (χ0n) is 6.17. The van der Waals surface area contributed by atoms with Gasteiger partial charge in [-0.15, -0.1) is 0 Å². The van der Waals surface area contributed by atoms with Gasteiger partial charge in [-0.1, -0.05) is 6.92 Å². The van der Waals surface area contributed by atoms with Crippen LogP contribution in [0.15, 0.2) is 0 Å². The molecular formula is C8H12O2. The maximum atomic E-state index is 11.0. The van der Waals surface area contributed by atoms with E-state index in [2.05, 4.69) is 6.92 Å². The minimum Gasteiger partial charge on any atom is -0.462 e. The number of hydrogen-bond acceptors (Lipinski definition) is 2. The first-order chi connectivity index (χ1) is 4.77. The van der Waals surface area contributed by atoms with Crippen molar-refractivity contribution in [2.24, 2.45) is 11.8 Å². The van der Waals surface area contributed by atoms with E-state index in [0.29, 0.717) is 12.0 Å². The highest BCUT2D eigenvalue weighted by Gasteiger charge is 2.42. The van der Waals surface area contributed by atoms with Crippen LogP contribution in [-0.4, -0.2) is 12.1 Å². The molecule has 0 spiro atoms. The maximum absolute atomic E-state index is 11.0. The lowest BCUT2D eigenvalue weighted by Gasteiger charge is -1.99. The molecule has 0 amide bonds. The quantitative estimate of drug-likeness (QED) is 0.541. The van der Waals surface area contributed by atoms with Crippen LogP contribution in [0.25, 0.3) is 0 Å². The smallest absolute Gasteiger partial charge is 0.309 e.